The Kier molecular flexibility index (Phi) is 2.45. The number of hydrogen-bond acceptors (Lipinski definition) is 3. The third kappa shape index (κ3) is 1.61. The van der Waals surface area contributed by atoms with Crippen LogP contribution < -0.4 is 5.32 Å². The van der Waals surface area contributed by atoms with Crippen molar-refractivity contribution in [1.29, 1.82) is 0 Å². The van der Waals surface area contributed by atoms with Crippen LogP contribution in [0.15, 0.2) is 24.3 Å². The van der Waals surface area contributed by atoms with Gasteiger partial charge in [0, 0.05) is 6.04 Å². The highest BCUT2D eigenvalue weighted by Gasteiger charge is 2.05. The number of para-hydroxylation sites is 1. The van der Waals surface area contributed by atoms with E-state index in [-0.39, 0.29) is 0 Å². The van der Waals surface area contributed by atoms with Crippen molar-refractivity contribution >= 4 is 11.0 Å². The molecule has 0 amide bonds. The number of benzene rings is 1. The minimum Gasteiger partial charge on any atom is -0.315 e. The van der Waals surface area contributed by atoms with Crippen molar-refractivity contribution < 1.29 is 0 Å². The highest BCUT2D eigenvalue weighted by atomic mass is 15.4. The van der Waals surface area contributed by atoms with Crippen molar-refractivity contribution in [3.63, 3.8) is 0 Å². The average molecular weight is 190 g/mol. The molecule has 0 bridgehead atoms. The molecule has 4 heteroatoms. The van der Waals surface area contributed by atoms with Crippen LogP contribution in [0.25, 0.3) is 11.0 Å². The fourth-order valence-electron chi connectivity index (χ4n) is 1.40. The molecule has 74 valence electrons. The monoisotopic (exact) mass is 190 g/mol. The Morgan fingerprint density at radius 3 is 3.00 bits per heavy atom. The summed E-state index contributed by atoms with van der Waals surface area (Å²) in [4.78, 5) is 0. The molecule has 1 N–H and O–H groups in total. The van der Waals surface area contributed by atoms with Crippen LogP contribution >= 0.6 is 0 Å². The Morgan fingerprint density at radius 2 is 2.21 bits per heavy atom. The normalized spacial score (nSPS) is 13.3. The number of aromatic nitrogens is 3. The van der Waals surface area contributed by atoms with E-state index in [0.717, 1.165) is 17.6 Å². The van der Waals surface area contributed by atoms with Gasteiger partial charge in [-0.05, 0) is 26.1 Å². The van der Waals surface area contributed by atoms with E-state index in [2.05, 4.69) is 22.6 Å². The van der Waals surface area contributed by atoms with Crippen LogP contribution in [-0.2, 0) is 6.54 Å². The van der Waals surface area contributed by atoms with E-state index in [9.17, 15) is 0 Å². The predicted octanol–water partition coefficient (Wildman–Crippen LogP) is 1.04. The second kappa shape index (κ2) is 3.75. The summed E-state index contributed by atoms with van der Waals surface area (Å²) >= 11 is 0. The van der Waals surface area contributed by atoms with E-state index in [1.165, 1.54) is 0 Å². The van der Waals surface area contributed by atoms with Crippen LogP contribution in [0.5, 0.6) is 0 Å². The summed E-state index contributed by atoms with van der Waals surface area (Å²) in [5.41, 5.74) is 2.05. The molecule has 0 spiro atoms. The minimum absolute atomic E-state index is 0.403. The zero-order valence-electron chi connectivity index (χ0n) is 8.44. The van der Waals surface area contributed by atoms with Gasteiger partial charge >= 0.3 is 0 Å². The molecule has 14 heavy (non-hydrogen) atoms. The van der Waals surface area contributed by atoms with Crippen LogP contribution in [0.2, 0.25) is 0 Å². The van der Waals surface area contributed by atoms with Crippen molar-refractivity contribution in [2.24, 2.45) is 0 Å². The lowest BCUT2D eigenvalue weighted by atomic mass is 10.3. The number of fused-ring (bicyclic) bond motifs is 1. The topological polar surface area (TPSA) is 42.7 Å². The van der Waals surface area contributed by atoms with Crippen LogP contribution in [0.1, 0.15) is 6.92 Å². The Morgan fingerprint density at radius 1 is 1.43 bits per heavy atom. The van der Waals surface area contributed by atoms with E-state index in [1.807, 2.05) is 36.0 Å². The van der Waals surface area contributed by atoms with Gasteiger partial charge in [-0.15, -0.1) is 5.10 Å². The molecule has 0 fully saturated rings. The highest BCUT2D eigenvalue weighted by molar-refractivity contribution is 5.73. The number of likely N-dealkylation sites (N-methyl/N-ethyl adjacent to an activating group) is 1. The van der Waals surface area contributed by atoms with Crippen molar-refractivity contribution in [2.75, 3.05) is 7.05 Å². The predicted molar refractivity (Wildman–Crippen MR) is 56.0 cm³/mol. The van der Waals surface area contributed by atoms with Crippen molar-refractivity contribution in [3.8, 4) is 0 Å². The van der Waals surface area contributed by atoms with Crippen molar-refractivity contribution in [2.45, 2.75) is 19.5 Å². The van der Waals surface area contributed by atoms with Gasteiger partial charge in [0.15, 0.2) is 0 Å². The minimum atomic E-state index is 0.403. The Labute approximate surface area is 82.9 Å². The second-order valence-electron chi connectivity index (χ2n) is 3.45. The maximum Gasteiger partial charge on any atom is 0.113 e. The van der Waals surface area contributed by atoms with E-state index < -0.39 is 0 Å². The summed E-state index contributed by atoms with van der Waals surface area (Å²) in [5, 5.41) is 11.4. The summed E-state index contributed by atoms with van der Waals surface area (Å²) in [5.74, 6) is 0. The molecule has 0 aliphatic rings. The maximum absolute atomic E-state index is 4.11. The molecule has 1 atom stereocenters. The zero-order chi connectivity index (χ0) is 9.97. The first kappa shape index (κ1) is 9.15. The van der Waals surface area contributed by atoms with E-state index >= 15 is 0 Å². The SMILES string of the molecule is CNC(C)Cn1nnc2ccccc21. The van der Waals surface area contributed by atoms with Gasteiger partial charge in [0.05, 0.1) is 12.1 Å². The summed E-state index contributed by atoms with van der Waals surface area (Å²) in [7, 11) is 1.95. The quantitative estimate of drug-likeness (QED) is 0.786. The maximum atomic E-state index is 4.11. The van der Waals surface area contributed by atoms with E-state index in [4.69, 9.17) is 0 Å². The van der Waals surface area contributed by atoms with Gasteiger partial charge in [0.2, 0.25) is 0 Å². The van der Waals surface area contributed by atoms with Gasteiger partial charge in [-0.2, -0.15) is 0 Å². The van der Waals surface area contributed by atoms with Crippen LogP contribution in [0.3, 0.4) is 0 Å². The first-order valence-corrected chi connectivity index (χ1v) is 4.77. The van der Waals surface area contributed by atoms with Crippen LogP contribution in [0, 0.1) is 0 Å². The second-order valence-corrected chi connectivity index (χ2v) is 3.45. The number of nitrogens with one attached hydrogen (secondary N) is 1. The first-order valence-electron chi connectivity index (χ1n) is 4.77. The Balaban J connectivity index is 2.33. The van der Waals surface area contributed by atoms with Gasteiger partial charge in [-0.1, -0.05) is 17.3 Å². The molecular formula is C10H14N4. The fraction of sp³-hybridized carbons (Fsp3) is 0.400. The van der Waals surface area contributed by atoms with Crippen molar-refractivity contribution in [1.82, 2.24) is 20.3 Å². The molecule has 1 heterocycles. The lowest BCUT2D eigenvalue weighted by molar-refractivity contribution is 0.481. The number of nitrogens with zero attached hydrogens (tertiary/aromatic N) is 3. The summed E-state index contributed by atoms with van der Waals surface area (Å²) in [6.07, 6.45) is 0. The molecule has 0 saturated carbocycles. The van der Waals surface area contributed by atoms with E-state index in [1.54, 1.807) is 0 Å². The molecule has 4 nitrogen and oxygen atoms in total. The van der Waals surface area contributed by atoms with Crippen LogP contribution in [0.4, 0.5) is 0 Å². The molecule has 1 aromatic heterocycles. The van der Waals surface area contributed by atoms with Gasteiger partial charge in [0.1, 0.15) is 5.52 Å². The molecule has 0 radical (unpaired) electrons. The standard InChI is InChI=1S/C10H14N4/c1-8(11-2)7-14-10-6-4-3-5-9(10)12-13-14/h3-6,8,11H,7H2,1-2H3. The highest BCUT2D eigenvalue weighted by Crippen LogP contribution is 2.09. The van der Waals surface area contributed by atoms with Gasteiger partial charge in [-0.25, -0.2) is 4.68 Å². The van der Waals surface area contributed by atoms with Gasteiger partial charge < -0.3 is 5.32 Å². The van der Waals surface area contributed by atoms with Gasteiger partial charge in [0.25, 0.3) is 0 Å². The first-order chi connectivity index (χ1) is 6.81. The molecule has 2 aromatic rings. The zero-order valence-corrected chi connectivity index (χ0v) is 8.44. The van der Waals surface area contributed by atoms with Gasteiger partial charge in [-0.3, -0.25) is 0 Å². The smallest absolute Gasteiger partial charge is 0.113 e. The lowest BCUT2D eigenvalue weighted by Gasteiger charge is -2.09. The third-order valence-corrected chi connectivity index (χ3v) is 2.36. The number of rotatable bonds is 3. The molecule has 1 aromatic carbocycles. The molecule has 0 aliphatic carbocycles. The number of hydrogen-bond donors (Lipinski definition) is 1. The summed E-state index contributed by atoms with van der Waals surface area (Å²) in [6.45, 7) is 2.97. The molecular weight excluding hydrogens is 176 g/mol. The molecule has 0 saturated heterocycles. The summed E-state index contributed by atoms with van der Waals surface area (Å²) < 4.78 is 1.93. The molecule has 2 rings (SSSR count). The largest absolute Gasteiger partial charge is 0.315 e. The summed E-state index contributed by atoms with van der Waals surface area (Å²) in [6, 6.07) is 8.40. The van der Waals surface area contributed by atoms with E-state index in [0.29, 0.717) is 6.04 Å². The Bertz CT molecular complexity index is 421. The molecule has 0 aliphatic heterocycles. The fourth-order valence-corrected chi connectivity index (χ4v) is 1.40. The lowest BCUT2D eigenvalue weighted by Crippen LogP contribution is -2.27. The average Bonchev–Trinajstić information content (AvgIpc) is 2.62. The van der Waals surface area contributed by atoms with Crippen LogP contribution in [-0.4, -0.2) is 28.1 Å². The third-order valence-electron chi connectivity index (χ3n) is 2.36. The Hall–Kier alpha value is -1.42. The van der Waals surface area contributed by atoms with Crippen molar-refractivity contribution in [3.05, 3.63) is 24.3 Å². The molecule has 1 unspecified atom stereocenters.